The Balaban J connectivity index is 1.82. The van der Waals surface area contributed by atoms with E-state index in [0.29, 0.717) is 0 Å². The third-order valence-electron chi connectivity index (χ3n) is 3.88. The van der Waals surface area contributed by atoms with Gasteiger partial charge in [-0.3, -0.25) is 0 Å². The maximum absolute atomic E-state index is 3.45. The Bertz CT molecular complexity index is 956. The number of hydrogen-bond donors (Lipinski definition) is 1. The molecule has 0 bridgehead atoms. The van der Waals surface area contributed by atoms with E-state index in [1.54, 1.807) is 11.3 Å². The molecule has 2 heteroatoms. The van der Waals surface area contributed by atoms with Gasteiger partial charge in [-0.2, -0.15) is 0 Å². The number of fused-ring (bicyclic) bond motifs is 2. The van der Waals surface area contributed by atoms with Crippen LogP contribution in [0.15, 0.2) is 53.9 Å². The maximum Gasteiger partial charge on any atom is 0.0462 e. The molecule has 0 spiro atoms. The van der Waals surface area contributed by atoms with Crippen LogP contribution in [0.5, 0.6) is 0 Å². The minimum atomic E-state index is 1.20. The van der Waals surface area contributed by atoms with Crippen LogP contribution in [0.1, 0.15) is 16.8 Å². The molecule has 0 atom stereocenters. The van der Waals surface area contributed by atoms with Crippen LogP contribution < -0.4 is 0 Å². The first-order chi connectivity index (χ1) is 10.3. The van der Waals surface area contributed by atoms with Crippen molar-refractivity contribution in [3.63, 3.8) is 0 Å². The second-order valence-corrected chi connectivity index (χ2v) is 6.14. The third-order valence-corrected chi connectivity index (χ3v) is 4.87. The Kier molecular flexibility index (Phi) is 2.90. The lowest BCUT2D eigenvalue weighted by molar-refractivity contribution is 1.29. The highest BCUT2D eigenvalue weighted by molar-refractivity contribution is 7.17. The standard InChI is InChI=1S/C19H15NS/c1-13-15(17-7-2-4-8-18(17)20-13)11-10-14-12-21-19-9-5-3-6-16(14)19/h2-12,20H,1H3/b11-10-. The number of aromatic amines is 1. The fourth-order valence-electron chi connectivity index (χ4n) is 2.81. The first-order valence-corrected chi connectivity index (χ1v) is 7.92. The summed E-state index contributed by atoms with van der Waals surface area (Å²) < 4.78 is 1.34. The molecular formula is C19H15NS. The molecule has 0 unspecified atom stereocenters. The minimum absolute atomic E-state index is 1.20. The van der Waals surface area contributed by atoms with E-state index >= 15 is 0 Å². The van der Waals surface area contributed by atoms with Crippen LogP contribution in [-0.2, 0) is 0 Å². The van der Waals surface area contributed by atoms with Gasteiger partial charge in [-0.1, -0.05) is 48.6 Å². The molecule has 4 aromatic rings. The van der Waals surface area contributed by atoms with Gasteiger partial charge in [0.1, 0.15) is 0 Å². The lowest BCUT2D eigenvalue weighted by atomic mass is 10.1. The zero-order valence-corrected chi connectivity index (χ0v) is 12.6. The number of aromatic nitrogens is 1. The predicted octanol–water partition coefficient (Wildman–Crippen LogP) is 5.86. The zero-order valence-electron chi connectivity index (χ0n) is 11.8. The Morgan fingerprint density at radius 1 is 0.905 bits per heavy atom. The molecular weight excluding hydrogens is 274 g/mol. The highest BCUT2D eigenvalue weighted by atomic mass is 32.1. The maximum atomic E-state index is 3.45. The fraction of sp³-hybridized carbons (Fsp3) is 0.0526. The molecule has 0 saturated carbocycles. The van der Waals surface area contributed by atoms with Crippen molar-refractivity contribution in [3.05, 3.63) is 70.7 Å². The minimum Gasteiger partial charge on any atom is -0.358 e. The van der Waals surface area contributed by atoms with Crippen LogP contribution in [0, 0.1) is 6.92 Å². The largest absolute Gasteiger partial charge is 0.358 e. The van der Waals surface area contributed by atoms with E-state index in [-0.39, 0.29) is 0 Å². The van der Waals surface area contributed by atoms with Crippen molar-refractivity contribution in [2.24, 2.45) is 0 Å². The quantitative estimate of drug-likeness (QED) is 0.475. The summed E-state index contributed by atoms with van der Waals surface area (Å²) in [7, 11) is 0. The van der Waals surface area contributed by atoms with Crippen molar-refractivity contribution in [2.75, 3.05) is 0 Å². The molecule has 0 fully saturated rings. The smallest absolute Gasteiger partial charge is 0.0462 e. The number of rotatable bonds is 2. The molecule has 0 aliphatic heterocycles. The molecule has 21 heavy (non-hydrogen) atoms. The van der Waals surface area contributed by atoms with Gasteiger partial charge in [0.05, 0.1) is 0 Å². The molecule has 0 amide bonds. The van der Waals surface area contributed by atoms with E-state index in [9.17, 15) is 0 Å². The Hall–Kier alpha value is -2.32. The molecule has 1 nitrogen and oxygen atoms in total. The van der Waals surface area contributed by atoms with E-state index in [1.807, 2.05) is 0 Å². The summed E-state index contributed by atoms with van der Waals surface area (Å²) in [6.45, 7) is 2.13. The molecule has 1 N–H and O–H groups in total. The van der Waals surface area contributed by atoms with E-state index in [4.69, 9.17) is 0 Å². The monoisotopic (exact) mass is 289 g/mol. The normalized spacial score (nSPS) is 11.9. The third kappa shape index (κ3) is 2.08. The molecule has 0 aliphatic carbocycles. The number of para-hydroxylation sites is 1. The van der Waals surface area contributed by atoms with Crippen LogP contribution in [0.2, 0.25) is 0 Å². The molecule has 0 radical (unpaired) electrons. The van der Waals surface area contributed by atoms with Crippen LogP contribution in [-0.4, -0.2) is 4.98 Å². The van der Waals surface area contributed by atoms with Crippen LogP contribution >= 0.6 is 11.3 Å². The van der Waals surface area contributed by atoms with Crippen LogP contribution in [0.25, 0.3) is 33.1 Å². The van der Waals surface area contributed by atoms with Crippen molar-refractivity contribution in [3.8, 4) is 0 Å². The Labute approximate surface area is 127 Å². The first kappa shape index (κ1) is 12.4. The number of benzene rings is 2. The van der Waals surface area contributed by atoms with Crippen molar-refractivity contribution in [2.45, 2.75) is 6.92 Å². The summed E-state index contributed by atoms with van der Waals surface area (Å²) in [5.74, 6) is 0. The highest BCUT2D eigenvalue weighted by Crippen LogP contribution is 2.29. The van der Waals surface area contributed by atoms with Gasteiger partial charge in [0.2, 0.25) is 0 Å². The second-order valence-electron chi connectivity index (χ2n) is 5.23. The lowest BCUT2D eigenvalue weighted by Gasteiger charge is -1.94. The van der Waals surface area contributed by atoms with E-state index in [0.717, 1.165) is 0 Å². The number of hydrogen-bond acceptors (Lipinski definition) is 1. The highest BCUT2D eigenvalue weighted by Gasteiger charge is 2.05. The number of H-pyrrole nitrogens is 1. The van der Waals surface area contributed by atoms with Gasteiger partial charge < -0.3 is 4.98 Å². The predicted molar refractivity (Wildman–Crippen MR) is 93.8 cm³/mol. The van der Waals surface area contributed by atoms with E-state index in [1.165, 1.54) is 37.8 Å². The van der Waals surface area contributed by atoms with Crippen molar-refractivity contribution >= 4 is 44.5 Å². The van der Waals surface area contributed by atoms with E-state index in [2.05, 4.69) is 78.0 Å². The van der Waals surface area contributed by atoms with Crippen molar-refractivity contribution < 1.29 is 0 Å². The van der Waals surface area contributed by atoms with E-state index < -0.39 is 0 Å². The summed E-state index contributed by atoms with van der Waals surface area (Å²) in [6.07, 6.45) is 4.45. The van der Waals surface area contributed by atoms with Gasteiger partial charge in [0, 0.05) is 26.9 Å². The Morgan fingerprint density at radius 3 is 2.57 bits per heavy atom. The van der Waals surface area contributed by atoms with Crippen molar-refractivity contribution in [1.29, 1.82) is 0 Å². The molecule has 0 aliphatic rings. The average molecular weight is 289 g/mol. The van der Waals surface area contributed by atoms with Gasteiger partial charge in [-0.25, -0.2) is 0 Å². The molecule has 102 valence electrons. The van der Waals surface area contributed by atoms with Gasteiger partial charge >= 0.3 is 0 Å². The molecule has 2 heterocycles. The lowest BCUT2D eigenvalue weighted by Crippen LogP contribution is -1.74. The SMILES string of the molecule is Cc1[nH]c2ccccc2c1/C=C\c1csc2ccccc12. The number of aryl methyl sites for hydroxylation is 1. The second kappa shape index (κ2) is 4.90. The van der Waals surface area contributed by atoms with Gasteiger partial charge in [-0.05, 0) is 35.4 Å². The first-order valence-electron chi connectivity index (χ1n) is 7.04. The van der Waals surface area contributed by atoms with Gasteiger partial charge in [-0.15, -0.1) is 11.3 Å². The number of thiophene rings is 1. The summed E-state index contributed by atoms with van der Waals surface area (Å²) in [4.78, 5) is 3.45. The van der Waals surface area contributed by atoms with Gasteiger partial charge in [0.25, 0.3) is 0 Å². The van der Waals surface area contributed by atoms with Crippen molar-refractivity contribution in [1.82, 2.24) is 4.98 Å². The number of nitrogens with one attached hydrogen (secondary N) is 1. The molecule has 0 saturated heterocycles. The Morgan fingerprint density at radius 2 is 1.67 bits per heavy atom. The average Bonchev–Trinajstić information content (AvgIpc) is 3.06. The topological polar surface area (TPSA) is 15.8 Å². The molecule has 2 aromatic heterocycles. The summed E-state index contributed by atoms with van der Waals surface area (Å²) >= 11 is 1.80. The summed E-state index contributed by atoms with van der Waals surface area (Å²) in [5, 5.41) is 4.84. The van der Waals surface area contributed by atoms with Crippen LogP contribution in [0.3, 0.4) is 0 Å². The fourth-order valence-corrected chi connectivity index (χ4v) is 3.74. The molecule has 4 rings (SSSR count). The summed E-state index contributed by atoms with van der Waals surface area (Å²) in [6, 6.07) is 17.0. The summed E-state index contributed by atoms with van der Waals surface area (Å²) in [5.41, 5.74) is 4.98. The molecule has 2 aromatic carbocycles. The van der Waals surface area contributed by atoms with Crippen LogP contribution in [0.4, 0.5) is 0 Å². The zero-order chi connectivity index (χ0) is 14.2. The van der Waals surface area contributed by atoms with Gasteiger partial charge in [0.15, 0.2) is 0 Å².